The Hall–Kier alpha value is -1.25. The molecule has 0 amide bonds. The monoisotopic (exact) mass is 251 g/mol. The first kappa shape index (κ1) is 10.8. The highest BCUT2D eigenvalue weighted by molar-refractivity contribution is 9.10. The smallest absolute Gasteiger partial charge is 0.0292 e. The van der Waals surface area contributed by atoms with E-state index in [0.29, 0.717) is 6.54 Å². The lowest BCUT2D eigenvalue weighted by molar-refractivity contribution is 0.996. The maximum Gasteiger partial charge on any atom is 0.0292 e. The van der Waals surface area contributed by atoms with Crippen LogP contribution >= 0.6 is 15.9 Å². The lowest BCUT2D eigenvalue weighted by Crippen LogP contribution is -1.74. The van der Waals surface area contributed by atoms with Crippen molar-refractivity contribution in [2.75, 3.05) is 6.54 Å². The van der Waals surface area contributed by atoms with Gasteiger partial charge in [0.05, 0.1) is 0 Å². The van der Waals surface area contributed by atoms with Crippen LogP contribution in [0.25, 0.3) is 16.5 Å². The molecule has 0 N–H and O–H groups in total. The van der Waals surface area contributed by atoms with Crippen LogP contribution in [0.2, 0.25) is 0 Å². The maximum atomic E-state index is 8.05. The van der Waals surface area contributed by atoms with Gasteiger partial charge < -0.3 is 0 Å². The molecule has 0 radical (unpaired) electrons. The summed E-state index contributed by atoms with van der Waals surface area (Å²) < 4.78 is 1.06. The number of nitrogens with zero attached hydrogens (tertiary/aromatic N) is 3. The third-order valence-corrected chi connectivity index (χ3v) is 2.11. The zero-order chi connectivity index (χ0) is 10.2. The highest BCUT2D eigenvalue weighted by Gasteiger charge is 1.87. The summed E-state index contributed by atoms with van der Waals surface area (Å²) in [6.45, 7) is 0.515. The van der Waals surface area contributed by atoms with Gasteiger partial charge >= 0.3 is 0 Å². The van der Waals surface area contributed by atoms with Crippen molar-refractivity contribution in [2.24, 2.45) is 5.11 Å². The molecule has 0 saturated heterocycles. The van der Waals surface area contributed by atoms with Crippen LogP contribution in [0.15, 0.2) is 39.9 Å². The molecule has 4 heteroatoms. The van der Waals surface area contributed by atoms with E-state index in [2.05, 4.69) is 26.0 Å². The molecular weight excluding hydrogens is 242 g/mol. The molecule has 0 atom stereocenters. The first-order valence-electron chi connectivity index (χ1n) is 4.26. The van der Waals surface area contributed by atoms with Crippen LogP contribution in [0, 0.1) is 0 Å². The molecule has 0 fully saturated rings. The Labute approximate surface area is 91.2 Å². The second-order valence-corrected chi connectivity index (χ2v) is 3.62. The number of hydrogen-bond donors (Lipinski definition) is 0. The van der Waals surface area contributed by atoms with E-state index < -0.39 is 0 Å². The van der Waals surface area contributed by atoms with Gasteiger partial charge in [-0.15, -0.1) is 0 Å². The van der Waals surface area contributed by atoms with Crippen LogP contribution in [0.1, 0.15) is 12.0 Å². The molecule has 0 saturated carbocycles. The van der Waals surface area contributed by atoms with Crippen LogP contribution in [-0.4, -0.2) is 6.54 Å². The molecule has 14 heavy (non-hydrogen) atoms. The van der Waals surface area contributed by atoms with Crippen molar-refractivity contribution in [3.05, 3.63) is 50.8 Å². The van der Waals surface area contributed by atoms with Crippen LogP contribution in [0.3, 0.4) is 0 Å². The molecule has 72 valence electrons. The van der Waals surface area contributed by atoms with E-state index in [4.69, 9.17) is 5.53 Å². The van der Waals surface area contributed by atoms with Crippen molar-refractivity contribution < 1.29 is 0 Å². The van der Waals surface area contributed by atoms with Crippen molar-refractivity contribution in [3.8, 4) is 0 Å². The highest BCUT2D eigenvalue weighted by atomic mass is 79.9. The molecule has 1 aromatic carbocycles. The predicted molar refractivity (Wildman–Crippen MR) is 61.8 cm³/mol. The van der Waals surface area contributed by atoms with Gasteiger partial charge in [-0.25, -0.2) is 0 Å². The van der Waals surface area contributed by atoms with E-state index in [-0.39, 0.29) is 0 Å². The summed E-state index contributed by atoms with van der Waals surface area (Å²) in [4.78, 5) is 2.68. The van der Waals surface area contributed by atoms with E-state index >= 15 is 0 Å². The Morgan fingerprint density at radius 2 is 2.36 bits per heavy atom. The lowest BCUT2D eigenvalue weighted by atomic mass is 10.2. The fourth-order valence-corrected chi connectivity index (χ4v) is 1.42. The Morgan fingerprint density at radius 3 is 3.07 bits per heavy atom. The van der Waals surface area contributed by atoms with Gasteiger partial charge in [0, 0.05) is 15.9 Å². The minimum atomic E-state index is 0.515. The first-order valence-corrected chi connectivity index (χ1v) is 5.05. The minimum Gasteiger partial charge on any atom is -0.0937 e. The number of hydrogen-bond acceptors (Lipinski definition) is 1. The van der Waals surface area contributed by atoms with Gasteiger partial charge in [-0.05, 0) is 29.6 Å². The molecule has 0 heterocycles. The van der Waals surface area contributed by atoms with Crippen LogP contribution in [0.5, 0.6) is 0 Å². The Morgan fingerprint density at radius 1 is 1.50 bits per heavy atom. The van der Waals surface area contributed by atoms with Crippen molar-refractivity contribution in [1.29, 1.82) is 0 Å². The molecule has 1 rings (SSSR count). The van der Waals surface area contributed by atoms with Crippen molar-refractivity contribution >= 4 is 22.0 Å². The van der Waals surface area contributed by atoms with Crippen LogP contribution < -0.4 is 0 Å². The summed E-state index contributed by atoms with van der Waals surface area (Å²) in [6.07, 6.45) is 4.78. The minimum absolute atomic E-state index is 0.515. The molecule has 0 aliphatic heterocycles. The third-order valence-electron chi connectivity index (χ3n) is 1.62. The van der Waals surface area contributed by atoms with Gasteiger partial charge in [0.2, 0.25) is 0 Å². The highest BCUT2D eigenvalue weighted by Crippen LogP contribution is 2.12. The van der Waals surface area contributed by atoms with Crippen LogP contribution in [-0.2, 0) is 0 Å². The molecular formula is C10H10BrN3. The van der Waals surface area contributed by atoms with Gasteiger partial charge in [0.1, 0.15) is 0 Å². The quantitative estimate of drug-likeness (QED) is 0.334. The molecule has 0 aromatic heterocycles. The molecule has 0 aliphatic rings. The van der Waals surface area contributed by atoms with E-state index in [1.807, 2.05) is 36.4 Å². The van der Waals surface area contributed by atoms with Crippen LogP contribution in [0.4, 0.5) is 0 Å². The second-order valence-electron chi connectivity index (χ2n) is 2.70. The van der Waals surface area contributed by atoms with Gasteiger partial charge in [-0.1, -0.05) is 45.3 Å². The zero-order valence-corrected chi connectivity index (χ0v) is 9.18. The van der Waals surface area contributed by atoms with Crippen molar-refractivity contribution in [2.45, 2.75) is 6.42 Å². The summed E-state index contributed by atoms with van der Waals surface area (Å²) >= 11 is 3.40. The summed E-state index contributed by atoms with van der Waals surface area (Å²) in [5.74, 6) is 0. The average molecular weight is 252 g/mol. The number of azide groups is 1. The predicted octanol–water partition coefficient (Wildman–Crippen LogP) is 4.16. The summed E-state index contributed by atoms with van der Waals surface area (Å²) in [5, 5.41) is 3.44. The Kier molecular flexibility index (Phi) is 4.83. The molecule has 3 nitrogen and oxygen atoms in total. The standard InChI is InChI=1S/C10H10BrN3/c11-10-6-3-5-9(8-10)4-1-2-7-13-14-12/h1,3-6,8H,2,7H2. The molecule has 0 spiro atoms. The first-order chi connectivity index (χ1) is 6.83. The largest absolute Gasteiger partial charge is 0.0937 e. The van der Waals surface area contributed by atoms with E-state index in [9.17, 15) is 0 Å². The van der Waals surface area contributed by atoms with E-state index in [0.717, 1.165) is 16.5 Å². The fourth-order valence-electron chi connectivity index (χ4n) is 1.01. The fraction of sp³-hybridized carbons (Fsp3) is 0.200. The SMILES string of the molecule is [N-]=[N+]=NCCC=Cc1cccc(Br)c1. The number of halogens is 1. The van der Waals surface area contributed by atoms with E-state index in [1.165, 1.54) is 0 Å². The van der Waals surface area contributed by atoms with Gasteiger partial charge in [0.15, 0.2) is 0 Å². The summed E-state index contributed by atoms with van der Waals surface area (Å²) in [5.41, 5.74) is 9.19. The topological polar surface area (TPSA) is 48.8 Å². The van der Waals surface area contributed by atoms with Crippen molar-refractivity contribution in [3.63, 3.8) is 0 Å². The number of benzene rings is 1. The molecule has 1 aromatic rings. The van der Waals surface area contributed by atoms with Gasteiger partial charge in [-0.2, -0.15) is 0 Å². The maximum absolute atomic E-state index is 8.05. The zero-order valence-electron chi connectivity index (χ0n) is 7.60. The summed E-state index contributed by atoms with van der Waals surface area (Å²) in [7, 11) is 0. The van der Waals surface area contributed by atoms with E-state index in [1.54, 1.807) is 0 Å². The molecule has 0 unspecified atom stereocenters. The normalized spacial score (nSPS) is 10.1. The average Bonchev–Trinajstić information content (AvgIpc) is 2.18. The second kappa shape index (κ2) is 6.24. The Balaban J connectivity index is 2.47. The lowest BCUT2D eigenvalue weighted by Gasteiger charge is -1.93. The summed E-state index contributed by atoms with van der Waals surface area (Å²) in [6, 6.07) is 8.02. The molecule has 0 aliphatic carbocycles. The van der Waals surface area contributed by atoms with Crippen molar-refractivity contribution in [1.82, 2.24) is 0 Å². The van der Waals surface area contributed by atoms with Gasteiger partial charge in [0.25, 0.3) is 0 Å². The third kappa shape index (κ3) is 4.12. The number of rotatable bonds is 4. The molecule has 0 bridgehead atoms. The Bertz CT molecular complexity index is 367. The van der Waals surface area contributed by atoms with Gasteiger partial charge in [-0.3, -0.25) is 0 Å².